The molecule has 0 aromatic heterocycles. The third-order valence-corrected chi connectivity index (χ3v) is 5.43. The summed E-state index contributed by atoms with van der Waals surface area (Å²) in [5.74, 6) is 0.595. The first-order chi connectivity index (χ1) is 13.0. The number of amides is 2. The van der Waals surface area contributed by atoms with E-state index in [4.69, 9.17) is 9.57 Å². The molecule has 1 fully saturated rings. The molecule has 3 rings (SSSR count). The largest absolute Gasteiger partial charge is 0.493 e. The number of hydroxylamine groups is 2. The molecule has 6 heteroatoms. The molecule has 0 bridgehead atoms. The topological polar surface area (TPSA) is 59.1 Å². The van der Waals surface area contributed by atoms with Crippen LogP contribution in [0.25, 0.3) is 0 Å². The lowest BCUT2D eigenvalue weighted by Gasteiger charge is -2.36. The van der Waals surface area contributed by atoms with Gasteiger partial charge in [-0.15, -0.1) is 0 Å². The van der Waals surface area contributed by atoms with Crippen LogP contribution in [-0.4, -0.2) is 48.6 Å². The summed E-state index contributed by atoms with van der Waals surface area (Å²) in [5, 5.41) is 1.53. The zero-order chi connectivity index (χ0) is 19.4. The first-order valence-electron chi connectivity index (χ1n) is 9.57. The van der Waals surface area contributed by atoms with Crippen LogP contribution in [-0.2, 0) is 14.4 Å². The van der Waals surface area contributed by atoms with Gasteiger partial charge in [0.05, 0.1) is 19.8 Å². The van der Waals surface area contributed by atoms with Gasteiger partial charge in [-0.3, -0.25) is 14.4 Å². The minimum atomic E-state index is -0.160. The van der Waals surface area contributed by atoms with Gasteiger partial charge < -0.3 is 9.64 Å². The van der Waals surface area contributed by atoms with Gasteiger partial charge in [0.25, 0.3) is 0 Å². The summed E-state index contributed by atoms with van der Waals surface area (Å²) in [5.41, 5.74) is 2.13. The second kappa shape index (κ2) is 8.57. The summed E-state index contributed by atoms with van der Waals surface area (Å²) in [6.07, 6.45) is 4.26. The Balaban J connectivity index is 1.77. The lowest BCUT2D eigenvalue weighted by molar-refractivity contribution is -0.196. The van der Waals surface area contributed by atoms with E-state index in [1.807, 2.05) is 19.1 Å². The second-order valence-electron chi connectivity index (χ2n) is 7.20. The third-order valence-electron chi connectivity index (χ3n) is 5.43. The van der Waals surface area contributed by atoms with Crippen molar-refractivity contribution in [1.82, 2.24) is 9.96 Å². The highest BCUT2D eigenvalue weighted by molar-refractivity contribution is 5.87. The van der Waals surface area contributed by atoms with Crippen molar-refractivity contribution in [1.29, 1.82) is 0 Å². The maximum Gasteiger partial charge on any atom is 0.249 e. The Labute approximate surface area is 160 Å². The van der Waals surface area contributed by atoms with E-state index in [1.165, 1.54) is 11.1 Å². The number of aryl methyl sites for hydroxylation is 1. The SMILES string of the molecule is C=CC(=O)N1CCC(C(=O)N(OC)C2CCCOc3ccc(C)cc32)CC1. The molecule has 2 heterocycles. The molecule has 0 saturated carbocycles. The Morgan fingerprint density at radius 3 is 2.70 bits per heavy atom. The highest BCUT2D eigenvalue weighted by Gasteiger charge is 2.35. The zero-order valence-electron chi connectivity index (χ0n) is 16.1. The predicted octanol–water partition coefficient (Wildman–Crippen LogP) is 3.02. The number of carbonyl (C=O) groups excluding carboxylic acids is 2. The number of fused-ring (bicyclic) bond motifs is 1. The van der Waals surface area contributed by atoms with Crippen molar-refractivity contribution < 1.29 is 19.2 Å². The third kappa shape index (κ3) is 4.16. The fraction of sp³-hybridized carbons (Fsp3) is 0.524. The van der Waals surface area contributed by atoms with Crippen molar-refractivity contribution in [3.8, 4) is 5.75 Å². The van der Waals surface area contributed by atoms with Gasteiger partial charge in [-0.25, -0.2) is 5.06 Å². The van der Waals surface area contributed by atoms with Gasteiger partial charge in [-0.05, 0) is 44.7 Å². The molecule has 0 N–H and O–H groups in total. The van der Waals surface area contributed by atoms with Crippen LogP contribution in [0.2, 0.25) is 0 Å². The number of nitrogens with zero attached hydrogens (tertiary/aromatic N) is 2. The molecule has 1 aromatic carbocycles. The molecule has 1 unspecified atom stereocenters. The lowest BCUT2D eigenvalue weighted by Crippen LogP contribution is -2.44. The maximum absolute atomic E-state index is 13.2. The fourth-order valence-corrected chi connectivity index (χ4v) is 3.94. The minimum absolute atomic E-state index is 0.0115. The predicted molar refractivity (Wildman–Crippen MR) is 102 cm³/mol. The summed E-state index contributed by atoms with van der Waals surface area (Å²) in [6, 6.07) is 5.91. The molecule has 6 nitrogen and oxygen atoms in total. The van der Waals surface area contributed by atoms with E-state index in [9.17, 15) is 9.59 Å². The summed E-state index contributed by atoms with van der Waals surface area (Å²) in [4.78, 5) is 32.3. The van der Waals surface area contributed by atoms with Crippen molar-refractivity contribution in [2.75, 3.05) is 26.8 Å². The summed E-state index contributed by atoms with van der Waals surface area (Å²) >= 11 is 0. The summed E-state index contributed by atoms with van der Waals surface area (Å²) in [6.45, 7) is 7.35. The first-order valence-corrected chi connectivity index (χ1v) is 9.57. The van der Waals surface area contributed by atoms with Gasteiger partial charge in [-0.2, -0.15) is 0 Å². The van der Waals surface area contributed by atoms with Crippen LogP contribution in [0.3, 0.4) is 0 Å². The van der Waals surface area contributed by atoms with E-state index < -0.39 is 0 Å². The van der Waals surface area contributed by atoms with Crippen molar-refractivity contribution >= 4 is 11.8 Å². The standard InChI is InChI=1S/C21H28N2O4/c1-4-20(24)22-11-9-16(10-12-22)21(25)23(26-3)18-6-5-13-27-19-8-7-15(2)14-17(18)19/h4,7-8,14,16,18H,1,5-6,9-13H2,2-3H3. The Hall–Kier alpha value is -2.34. The van der Waals surface area contributed by atoms with E-state index in [2.05, 4.69) is 12.6 Å². The fourth-order valence-electron chi connectivity index (χ4n) is 3.94. The van der Waals surface area contributed by atoms with Crippen LogP contribution < -0.4 is 4.74 Å². The van der Waals surface area contributed by atoms with E-state index in [0.717, 1.165) is 29.7 Å². The molecule has 27 heavy (non-hydrogen) atoms. The highest BCUT2D eigenvalue weighted by atomic mass is 16.7. The van der Waals surface area contributed by atoms with Crippen LogP contribution in [0, 0.1) is 12.8 Å². The van der Waals surface area contributed by atoms with Crippen LogP contribution in [0.4, 0.5) is 0 Å². The van der Waals surface area contributed by atoms with Gasteiger partial charge in [-0.1, -0.05) is 24.3 Å². The summed E-state index contributed by atoms with van der Waals surface area (Å²) < 4.78 is 5.86. The number of carbonyl (C=O) groups is 2. The monoisotopic (exact) mass is 372 g/mol. The number of piperidine rings is 1. The zero-order valence-corrected chi connectivity index (χ0v) is 16.1. The number of hydrogen-bond acceptors (Lipinski definition) is 4. The Morgan fingerprint density at radius 2 is 2.04 bits per heavy atom. The Bertz CT molecular complexity index is 710. The van der Waals surface area contributed by atoms with Crippen LogP contribution in [0.15, 0.2) is 30.9 Å². The maximum atomic E-state index is 13.2. The number of hydrogen-bond donors (Lipinski definition) is 0. The molecule has 146 valence electrons. The van der Waals surface area contributed by atoms with Gasteiger partial charge in [0, 0.05) is 24.6 Å². The van der Waals surface area contributed by atoms with Crippen molar-refractivity contribution in [2.45, 2.75) is 38.6 Å². The average molecular weight is 372 g/mol. The Morgan fingerprint density at radius 1 is 1.30 bits per heavy atom. The molecule has 2 aliphatic heterocycles. The molecule has 0 spiro atoms. The van der Waals surface area contributed by atoms with E-state index in [-0.39, 0.29) is 23.8 Å². The second-order valence-corrected chi connectivity index (χ2v) is 7.20. The smallest absolute Gasteiger partial charge is 0.249 e. The van der Waals surface area contributed by atoms with Crippen molar-refractivity contribution in [2.24, 2.45) is 5.92 Å². The number of rotatable bonds is 4. The normalized spacial score (nSPS) is 20.2. The Kier molecular flexibility index (Phi) is 6.16. The molecular formula is C21H28N2O4. The van der Waals surface area contributed by atoms with Crippen LogP contribution in [0.1, 0.15) is 42.9 Å². The lowest BCUT2D eigenvalue weighted by atomic mass is 9.93. The average Bonchev–Trinajstić information content (AvgIpc) is 2.90. The highest BCUT2D eigenvalue weighted by Crippen LogP contribution is 2.37. The molecule has 0 aliphatic carbocycles. The molecule has 0 radical (unpaired) electrons. The molecule has 1 saturated heterocycles. The minimum Gasteiger partial charge on any atom is -0.493 e. The van der Waals surface area contributed by atoms with Crippen LogP contribution in [0.5, 0.6) is 5.75 Å². The van der Waals surface area contributed by atoms with Crippen LogP contribution >= 0.6 is 0 Å². The number of likely N-dealkylation sites (tertiary alicyclic amines) is 1. The van der Waals surface area contributed by atoms with E-state index in [1.54, 1.807) is 12.0 Å². The summed E-state index contributed by atoms with van der Waals surface area (Å²) in [7, 11) is 1.55. The quantitative estimate of drug-likeness (QED) is 0.602. The van der Waals surface area contributed by atoms with Crippen molar-refractivity contribution in [3.63, 3.8) is 0 Å². The number of ether oxygens (including phenoxy) is 1. The molecule has 2 aliphatic rings. The van der Waals surface area contributed by atoms with Crippen molar-refractivity contribution in [3.05, 3.63) is 42.0 Å². The van der Waals surface area contributed by atoms with Gasteiger partial charge in [0.1, 0.15) is 5.75 Å². The molecule has 1 aromatic rings. The van der Waals surface area contributed by atoms with Gasteiger partial charge >= 0.3 is 0 Å². The van der Waals surface area contributed by atoms with Gasteiger partial charge in [0.2, 0.25) is 11.8 Å². The number of benzene rings is 1. The molecule has 1 atom stereocenters. The molecule has 2 amide bonds. The van der Waals surface area contributed by atoms with E-state index in [0.29, 0.717) is 32.5 Å². The molecular weight excluding hydrogens is 344 g/mol. The first kappa shape index (κ1) is 19.4. The van der Waals surface area contributed by atoms with Gasteiger partial charge in [0.15, 0.2) is 0 Å². The van der Waals surface area contributed by atoms with E-state index >= 15 is 0 Å².